The average Bonchev–Trinajstić information content (AvgIpc) is 2.52. The third-order valence-corrected chi connectivity index (χ3v) is 3.22. The predicted octanol–water partition coefficient (Wildman–Crippen LogP) is 2.18. The van der Waals surface area contributed by atoms with Crippen LogP contribution in [-0.4, -0.2) is 5.33 Å². The standard InChI is InChI=1S/C6H9Br/c7-4-5-3-6(5)1-2-6/h5H,1-4H2/i4+1. The molecule has 0 aliphatic heterocycles. The molecule has 2 aliphatic carbocycles. The van der Waals surface area contributed by atoms with Gasteiger partial charge in [0.15, 0.2) is 0 Å². The summed E-state index contributed by atoms with van der Waals surface area (Å²) in [4.78, 5) is 0. The molecule has 1 atom stereocenters. The normalized spacial score (nSPS) is 41.6. The highest BCUT2D eigenvalue weighted by molar-refractivity contribution is 9.09. The highest BCUT2D eigenvalue weighted by Gasteiger charge is 2.61. The maximum atomic E-state index is 3.49. The minimum atomic E-state index is 0.920. The van der Waals surface area contributed by atoms with Crippen molar-refractivity contribution in [1.29, 1.82) is 0 Å². The van der Waals surface area contributed by atoms with E-state index in [2.05, 4.69) is 15.9 Å². The van der Waals surface area contributed by atoms with Crippen molar-refractivity contribution < 1.29 is 0 Å². The van der Waals surface area contributed by atoms with E-state index < -0.39 is 0 Å². The molecule has 0 heterocycles. The van der Waals surface area contributed by atoms with Gasteiger partial charge in [0.05, 0.1) is 0 Å². The van der Waals surface area contributed by atoms with E-state index in [1.165, 1.54) is 24.6 Å². The Kier molecular flexibility index (Phi) is 0.668. The lowest BCUT2D eigenvalue weighted by Crippen LogP contribution is -1.77. The fourth-order valence-corrected chi connectivity index (χ4v) is 2.34. The van der Waals surface area contributed by atoms with E-state index in [1.54, 1.807) is 0 Å². The van der Waals surface area contributed by atoms with Crippen molar-refractivity contribution in [2.24, 2.45) is 11.3 Å². The van der Waals surface area contributed by atoms with Crippen LogP contribution in [0.1, 0.15) is 19.3 Å². The second-order valence-electron chi connectivity index (χ2n) is 2.92. The van der Waals surface area contributed by atoms with Gasteiger partial charge in [-0.1, -0.05) is 15.9 Å². The van der Waals surface area contributed by atoms with E-state index in [0.29, 0.717) is 0 Å². The minimum Gasteiger partial charge on any atom is -0.0925 e. The van der Waals surface area contributed by atoms with Gasteiger partial charge in [0.25, 0.3) is 0 Å². The Bertz CT molecular complexity index is 94.4. The van der Waals surface area contributed by atoms with Gasteiger partial charge in [-0.05, 0) is 30.6 Å². The van der Waals surface area contributed by atoms with E-state index in [-0.39, 0.29) is 0 Å². The van der Waals surface area contributed by atoms with Crippen molar-refractivity contribution in [1.82, 2.24) is 0 Å². The van der Waals surface area contributed by atoms with Crippen LogP contribution in [0.5, 0.6) is 0 Å². The fraction of sp³-hybridized carbons (Fsp3) is 1.00. The van der Waals surface area contributed by atoms with Crippen LogP contribution >= 0.6 is 15.9 Å². The molecule has 1 spiro atoms. The summed E-state index contributed by atoms with van der Waals surface area (Å²) in [6, 6.07) is 0. The molecule has 2 rings (SSSR count). The first kappa shape index (κ1) is 4.37. The van der Waals surface area contributed by atoms with Gasteiger partial charge in [-0.2, -0.15) is 0 Å². The first-order valence-corrected chi connectivity index (χ1v) is 4.05. The van der Waals surface area contributed by atoms with Gasteiger partial charge in [0.2, 0.25) is 0 Å². The second-order valence-corrected chi connectivity index (χ2v) is 3.57. The Balaban J connectivity index is 1.97. The molecule has 7 heavy (non-hydrogen) atoms. The van der Waals surface area contributed by atoms with Crippen LogP contribution in [0, 0.1) is 11.3 Å². The summed E-state index contributed by atoms with van der Waals surface area (Å²) in [5.41, 5.74) is 0.920. The molecule has 0 aromatic carbocycles. The summed E-state index contributed by atoms with van der Waals surface area (Å²) >= 11 is 3.49. The smallest absolute Gasteiger partial charge is 0.00651 e. The van der Waals surface area contributed by atoms with Crippen LogP contribution in [0.4, 0.5) is 0 Å². The van der Waals surface area contributed by atoms with Gasteiger partial charge >= 0.3 is 0 Å². The highest BCUT2D eigenvalue weighted by Crippen LogP contribution is 2.70. The summed E-state index contributed by atoms with van der Waals surface area (Å²) < 4.78 is 0. The number of rotatable bonds is 1. The molecular formula is C6H9Br. The lowest BCUT2D eigenvalue weighted by molar-refractivity contribution is 0.784. The molecule has 0 nitrogen and oxygen atoms in total. The van der Waals surface area contributed by atoms with Crippen molar-refractivity contribution >= 4 is 15.9 Å². The second kappa shape index (κ2) is 1.07. The first-order chi connectivity index (χ1) is 3.37. The molecule has 0 radical (unpaired) electrons. The fourth-order valence-electron chi connectivity index (χ4n) is 1.42. The molecule has 0 saturated heterocycles. The Labute approximate surface area is 52.4 Å². The molecule has 0 amide bonds. The number of hydrogen-bond donors (Lipinski definition) is 0. The van der Waals surface area contributed by atoms with E-state index in [1.807, 2.05) is 0 Å². The number of alkyl halides is 1. The third kappa shape index (κ3) is 0.479. The molecule has 2 fully saturated rings. The van der Waals surface area contributed by atoms with Crippen LogP contribution in [0.2, 0.25) is 0 Å². The van der Waals surface area contributed by atoms with Crippen LogP contribution in [0.15, 0.2) is 0 Å². The molecule has 2 saturated carbocycles. The number of halogens is 1. The molecule has 40 valence electrons. The van der Waals surface area contributed by atoms with Crippen LogP contribution < -0.4 is 0 Å². The van der Waals surface area contributed by atoms with Gasteiger partial charge in [-0.3, -0.25) is 0 Å². The molecular weight excluding hydrogens is 153 g/mol. The maximum Gasteiger partial charge on any atom is 0.00651 e. The molecule has 0 aromatic heterocycles. The summed E-state index contributed by atoms with van der Waals surface area (Å²) in [6.45, 7) is 0. The van der Waals surface area contributed by atoms with Crippen LogP contribution in [0.3, 0.4) is 0 Å². The molecule has 1 heteroatoms. The zero-order valence-corrected chi connectivity index (χ0v) is 5.87. The van der Waals surface area contributed by atoms with Crippen LogP contribution in [-0.2, 0) is 0 Å². The monoisotopic (exact) mass is 161 g/mol. The quantitative estimate of drug-likeness (QED) is 0.409. The molecule has 0 aromatic rings. The van der Waals surface area contributed by atoms with E-state index in [9.17, 15) is 0 Å². The lowest BCUT2D eigenvalue weighted by atomic mass is 10.4. The Morgan fingerprint density at radius 3 is 2.43 bits per heavy atom. The summed E-state index contributed by atoms with van der Waals surface area (Å²) in [5, 5.41) is 1.26. The molecule has 2 aliphatic rings. The van der Waals surface area contributed by atoms with Crippen LogP contribution in [0.25, 0.3) is 0 Å². The Morgan fingerprint density at radius 1 is 1.57 bits per heavy atom. The molecule has 0 bridgehead atoms. The first-order valence-electron chi connectivity index (χ1n) is 2.93. The Hall–Kier alpha value is 0.480. The van der Waals surface area contributed by atoms with Crippen molar-refractivity contribution in [3.63, 3.8) is 0 Å². The SMILES string of the molecule is Br[13CH2]C1CC12CC2. The van der Waals surface area contributed by atoms with E-state index >= 15 is 0 Å². The number of hydrogen-bond acceptors (Lipinski definition) is 0. The van der Waals surface area contributed by atoms with E-state index in [0.717, 1.165) is 11.3 Å². The van der Waals surface area contributed by atoms with Crippen molar-refractivity contribution in [3.05, 3.63) is 0 Å². The maximum absolute atomic E-state index is 3.49. The highest BCUT2D eigenvalue weighted by atomic mass is 79.9. The average molecular weight is 162 g/mol. The molecule has 1 unspecified atom stereocenters. The Morgan fingerprint density at radius 2 is 2.29 bits per heavy atom. The lowest BCUT2D eigenvalue weighted by Gasteiger charge is -1.80. The topological polar surface area (TPSA) is 0 Å². The summed E-state index contributed by atoms with van der Waals surface area (Å²) in [5.74, 6) is 1.08. The van der Waals surface area contributed by atoms with Gasteiger partial charge in [0, 0.05) is 5.33 Å². The minimum absolute atomic E-state index is 0.920. The zero-order valence-electron chi connectivity index (χ0n) is 4.28. The van der Waals surface area contributed by atoms with E-state index in [4.69, 9.17) is 0 Å². The van der Waals surface area contributed by atoms with Crippen molar-refractivity contribution in [3.8, 4) is 0 Å². The van der Waals surface area contributed by atoms with Crippen molar-refractivity contribution in [2.75, 3.05) is 5.33 Å². The largest absolute Gasteiger partial charge is 0.0925 e. The van der Waals surface area contributed by atoms with Gasteiger partial charge in [-0.15, -0.1) is 0 Å². The predicted molar refractivity (Wildman–Crippen MR) is 33.6 cm³/mol. The summed E-state index contributed by atoms with van der Waals surface area (Å²) in [7, 11) is 0. The van der Waals surface area contributed by atoms with Gasteiger partial charge in [0.1, 0.15) is 0 Å². The molecule has 0 N–H and O–H groups in total. The zero-order chi connectivity index (χ0) is 4.91. The van der Waals surface area contributed by atoms with Gasteiger partial charge < -0.3 is 0 Å². The third-order valence-electron chi connectivity index (χ3n) is 2.44. The summed E-state index contributed by atoms with van der Waals surface area (Å²) in [6.07, 6.45) is 4.59. The van der Waals surface area contributed by atoms with Gasteiger partial charge in [-0.25, -0.2) is 0 Å². The van der Waals surface area contributed by atoms with Crippen molar-refractivity contribution in [2.45, 2.75) is 19.3 Å².